The highest BCUT2D eigenvalue weighted by Crippen LogP contribution is 2.33. The molecule has 6 nitrogen and oxygen atoms in total. The van der Waals surface area contributed by atoms with Crippen molar-refractivity contribution in [2.45, 2.75) is 10.6 Å². The zero-order valence-corrected chi connectivity index (χ0v) is 13.7. The number of sulfonamides is 1. The quantitative estimate of drug-likeness (QED) is 0.628. The first kappa shape index (κ1) is 15.8. The van der Waals surface area contributed by atoms with E-state index >= 15 is 0 Å². The van der Waals surface area contributed by atoms with Crippen LogP contribution in [0, 0.1) is 10.1 Å². The second kappa shape index (κ2) is 6.21. The summed E-state index contributed by atoms with van der Waals surface area (Å²) in [6.45, 7) is 0.340. The number of benzene rings is 2. The lowest BCUT2D eigenvalue weighted by Crippen LogP contribution is -2.32. The van der Waals surface area contributed by atoms with E-state index in [9.17, 15) is 18.5 Å². The van der Waals surface area contributed by atoms with Gasteiger partial charge in [-0.3, -0.25) is 14.4 Å². The van der Waals surface area contributed by atoms with Gasteiger partial charge in [0.05, 0.1) is 15.5 Å². The van der Waals surface area contributed by atoms with Crippen LogP contribution in [-0.2, 0) is 15.8 Å². The van der Waals surface area contributed by atoms with Crippen molar-refractivity contribution in [2.24, 2.45) is 0 Å². The topological polar surface area (TPSA) is 80.5 Å². The highest BCUT2D eigenvalue weighted by atomic mass is 32.2. The molecule has 0 fully saturated rings. The number of para-hydroxylation sites is 1. The minimum Gasteiger partial charge on any atom is -0.265 e. The van der Waals surface area contributed by atoms with Gasteiger partial charge in [0.1, 0.15) is 0 Å². The van der Waals surface area contributed by atoms with E-state index in [4.69, 9.17) is 0 Å². The molecule has 0 amide bonds. The van der Waals surface area contributed by atoms with Crippen LogP contribution in [0.5, 0.6) is 0 Å². The fourth-order valence-corrected chi connectivity index (χ4v) is 5.04. The fraction of sp³-hybridized carbons (Fsp3) is 0.200. The van der Waals surface area contributed by atoms with Gasteiger partial charge in [-0.1, -0.05) is 24.3 Å². The molecule has 23 heavy (non-hydrogen) atoms. The van der Waals surface area contributed by atoms with Crippen LogP contribution in [0.1, 0.15) is 5.56 Å². The van der Waals surface area contributed by atoms with Crippen molar-refractivity contribution in [3.63, 3.8) is 0 Å². The van der Waals surface area contributed by atoms with Gasteiger partial charge in [0.15, 0.2) is 0 Å². The van der Waals surface area contributed by atoms with Crippen molar-refractivity contribution in [1.82, 2.24) is 0 Å². The first-order valence-electron chi connectivity index (χ1n) is 6.93. The Morgan fingerprint density at radius 2 is 1.91 bits per heavy atom. The summed E-state index contributed by atoms with van der Waals surface area (Å²) in [4.78, 5) is 10.2. The predicted octanol–water partition coefficient (Wildman–Crippen LogP) is 3.04. The number of anilines is 1. The van der Waals surface area contributed by atoms with Gasteiger partial charge in [0.2, 0.25) is 0 Å². The minimum absolute atomic E-state index is 0.0617. The average Bonchev–Trinajstić information content (AvgIpc) is 2.77. The van der Waals surface area contributed by atoms with Crippen molar-refractivity contribution in [2.75, 3.05) is 16.6 Å². The van der Waals surface area contributed by atoms with Crippen LogP contribution in [0.3, 0.4) is 0 Å². The second-order valence-corrected chi connectivity index (χ2v) is 7.98. The second-order valence-electron chi connectivity index (χ2n) is 5.01. The molecule has 1 aliphatic rings. The summed E-state index contributed by atoms with van der Waals surface area (Å²) in [6.07, 6.45) is 0. The molecule has 0 radical (unpaired) electrons. The van der Waals surface area contributed by atoms with Crippen LogP contribution in [0.25, 0.3) is 0 Å². The third kappa shape index (κ3) is 3.04. The van der Waals surface area contributed by atoms with E-state index < -0.39 is 14.9 Å². The van der Waals surface area contributed by atoms with Crippen LogP contribution in [0.15, 0.2) is 53.4 Å². The molecule has 2 aromatic carbocycles. The molecule has 0 saturated heterocycles. The highest BCUT2D eigenvalue weighted by molar-refractivity contribution is 7.98. The summed E-state index contributed by atoms with van der Waals surface area (Å²) < 4.78 is 27.3. The summed E-state index contributed by atoms with van der Waals surface area (Å²) in [6, 6.07) is 12.5. The van der Waals surface area contributed by atoms with Gasteiger partial charge >= 0.3 is 0 Å². The van der Waals surface area contributed by atoms with E-state index in [0.717, 1.165) is 17.4 Å². The van der Waals surface area contributed by atoms with Crippen LogP contribution in [0.2, 0.25) is 0 Å². The molecule has 2 aromatic rings. The highest BCUT2D eigenvalue weighted by Gasteiger charge is 2.29. The molecule has 0 aromatic heterocycles. The van der Waals surface area contributed by atoms with Gasteiger partial charge in [0, 0.05) is 30.2 Å². The SMILES string of the molecule is O=[N+]([O-])c1cccc(S(=O)(=O)N2CCSCc3ccccc32)c1. The molecule has 1 heterocycles. The van der Waals surface area contributed by atoms with E-state index in [1.165, 1.54) is 22.5 Å². The molecular formula is C15H14N2O4S2. The summed E-state index contributed by atoms with van der Waals surface area (Å²) in [5.41, 5.74) is 1.36. The largest absolute Gasteiger partial charge is 0.270 e. The molecule has 3 rings (SSSR count). The van der Waals surface area contributed by atoms with Crippen molar-refractivity contribution in [3.8, 4) is 0 Å². The van der Waals surface area contributed by atoms with E-state index in [-0.39, 0.29) is 10.6 Å². The van der Waals surface area contributed by atoms with E-state index in [0.29, 0.717) is 18.0 Å². The Labute approximate surface area is 138 Å². The number of thioether (sulfide) groups is 1. The molecule has 0 saturated carbocycles. The van der Waals surface area contributed by atoms with E-state index in [2.05, 4.69) is 0 Å². The number of rotatable bonds is 3. The Morgan fingerprint density at radius 1 is 1.13 bits per heavy atom. The van der Waals surface area contributed by atoms with Crippen LogP contribution < -0.4 is 4.31 Å². The predicted molar refractivity (Wildman–Crippen MR) is 90.2 cm³/mol. The molecule has 8 heteroatoms. The number of hydrogen-bond donors (Lipinski definition) is 0. The molecule has 0 bridgehead atoms. The minimum atomic E-state index is -3.84. The van der Waals surface area contributed by atoms with Crippen LogP contribution in [0.4, 0.5) is 11.4 Å². The Bertz CT molecular complexity index is 852. The summed E-state index contributed by atoms with van der Waals surface area (Å²) >= 11 is 1.67. The average molecular weight is 350 g/mol. The smallest absolute Gasteiger partial charge is 0.265 e. The molecule has 0 atom stereocenters. The maximum absolute atomic E-state index is 13.0. The number of nitrogens with zero attached hydrogens (tertiary/aromatic N) is 2. The van der Waals surface area contributed by atoms with E-state index in [1.807, 2.05) is 12.1 Å². The standard InChI is InChI=1S/C15H14N2O4S2/c18-17(19)13-5-3-6-14(10-13)23(20,21)16-8-9-22-11-12-4-1-2-7-15(12)16/h1-7,10H,8-9,11H2. The summed E-state index contributed by atoms with van der Waals surface area (Å²) in [5, 5.41) is 10.9. The number of non-ortho nitro benzene ring substituents is 1. The summed E-state index contributed by atoms with van der Waals surface area (Å²) in [5.74, 6) is 1.42. The maximum Gasteiger partial charge on any atom is 0.270 e. The van der Waals surface area contributed by atoms with Crippen LogP contribution >= 0.6 is 11.8 Å². The lowest BCUT2D eigenvalue weighted by atomic mass is 10.2. The number of nitro benzene ring substituents is 1. The normalized spacial score (nSPS) is 14.9. The Hall–Kier alpha value is -2.06. The van der Waals surface area contributed by atoms with E-state index in [1.54, 1.807) is 23.9 Å². The van der Waals surface area contributed by atoms with Crippen molar-refractivity contribution < 1.29 is 13.3 Å². The molecule has 0 N–H and O–H groups in total. The van der Waals surface area contributed by atoms with Crippen molar-refractivity contribution in [1.29, 1.82) is 0 Å². The van der Waals surface area contributed by atoms with Gasteiger partial charge in [-0.25, -0.2) is 8.42 Å². The molecule has 1 aliphatic heterocycles. The van der Waals surface area contributed by atoms with Gasteiger partial charge in [-0.2, -0.15) is 11.8 Å². The monoisotopic (exact) mass is 350 g/mol. The third-order valence-electron chi connectivity index (χ3n) is 3.57. The maximum atomic E-state index is 13.0. The van der Waals surface area contributed by atoms with Gasteiger partial charge < -0.3 is 0 Å². The van der Waals surface area contributed by atoms with Crippen molar-refractivity contribution >= 4 is 33.2 Å². The Morgan fingerprint density at radius 3 is 2.70 bits per heavy atom. The van der Waals surface area contributed by atoms with Gasteiger partial charge in [0.25, 0.3) is 15.7 Å². The zero-order valence-electron chi connectivity index (χ0n) is 12.1. The molecule has 0 aliphatic carbocycles. The zero-order chi connectivity index (χ0) is 16.4. The first-order valence-corrected chi connectivity index (χ1v) is 9.52. The number of fused-ring (bicyclic) bond motifs is 1. The number of nitro groups is 1. The van der Waals surface area contributed by atoms with Crippen molar-refractivity contribution in [3.05, 3.63) is 64.2 Å². The Balaban J connectivity index is 2.09. The Kier molecular flexibility index (Phi) is 4.27. The lowest BCUT2D eigenvalue weighted by Gasteiger charge is -2.24. The molecular weight excluding hydrogens is 336 g/mol. The van der Waals surface area contributed by atoms with Crippen LogP contribution in [-0.4, -0.2) is 25.6 Å². The third-order valence-corrected chi connectivity index (χ3v) is 6.37. The molecule has 0 spiro atoms. The van der Waals surface area contributed by atoms with Gasteiger partial charge in [-0.05, 0) is 17.7 Å². The fourth-order valence-electron chi connectivity index (χ4n) is 2.46. The number of hydrogen-bond acceptors (Lipinski definition) is 5. The summed E-state index contributed by atoms with van der Waals surface area (Å²) in [7, 11) is -3.84. The first-order chi connectivity index (χ1) is 11.0. The molecule has 0 unspecified atom stereocenters. The van der Waals surface area contributed by atoms with Gasteiger partial charge in [-0.15, -0.1) is 0 Å². The molecule has 120 valence electrons. The lowest BCUT2D eigenvalue weighted by molar-refractivity contribution is -0.385.